The van der Waals surface area contributed by atoms with E-state index in [-0.39, 0.29) is 5.91 Å². The molecule has 1 unspecified atom stereocenters. The molecule has 0 bridgehead atoms. The summed E-state index contributed by atoms with van der Waals surface area (Å²) in [6, 6.07) is 7.44. The number of benzene rings is 1. The van der Waals surface area contributed by atoms with E-state index >= 15 is 0 Å². The number of hydrogen-bond donors (Lipinski definition) is 0. The van der Waals surface area contributed by atoms with Crippen molar-refractivity contribution in [2.45, 2.75) is 51.9 Å². The number of piperidine rings is 1. The van der Waals surface area contributed by atoms with Crippen LogP contribution in [0.4, 0.5) is 0 Å². The van der Waals surface area contributed by atoms with Crippen LogP contribution in [0, 0.1) is 5.92 Å². The molecule has 1 aromatic heterocycles. The highest BCUT2D eigenvalue weighted by atomic mass is 16.5. The van der Waals surface area contributed by atoms with E-state index in [1.165, 1.54) is 12.0 Å². The third kappa shape index (κ3) is 3.73. The number of likely N-dealkylation sites (tertiary alicyclic amines) is 1. The van der Waals surface area contributed by atoms with Crippen molar-refractivity contribution in [1.29, 1.82) is 0 Å². The van der Waals surface area contributed by atoms with Crippen LogP contribution >= 0.6 is 0 Å². The Hall–Kier alpha value is -2.30. The minimum atomic E-state index is 0.102. The summed E-state index contributed by atoms with van der Waals surface area (Å²) >= 11 is 0. The molecule has 5 heteroatoms. The maximum Gasteiger partial charge on any atom is 0.253 e. The minimum Gasteiger partial charge on any atom is -0.494 e. The van der Waals surface area contributed by atoms with Crippen LogP contribution in [0.25, 0.3) is 0 Å². The molecule has 1 fully saturated rings. The molecule has 27 heavy (non-hydrogen) atoms. The predicted molar refractivity (Wildman–Crippen MR) is 103 cm³/mol. The zero-order valence-corrected chi connectivity index (χ0v) is 16.2. The Morgan fingerprint density at radius 3 is 2.67 bits per heavy atom. The highest BCUT2D eigenvalue weighted by molar-refractivity contribution is 5.94. The first kappa shape index (κ1) is 18.1. The topological polar surface area (TPSA) is 55.6 Å². The molecule has 0 spiro atoms. The number of hydrogen-bond acceptors (Lipinski definition) is 4. The standard InChI is InChI=1S/C22H28N2O3/c1-3-26-18-7-5-17(6-8-18)22(25)24-12-10-16(11-13-24)21-19-14-15(2)4-9-20(19)23-27-21/h5-8,15-16H,3-4,9-14H2,1-2H3. The van der Waals surface area contributed by atoms with Gasteiger partial charge in [0.1, 0.15) is 11.5 Å². The molecule has 144 valence electrons. The summed E-state index contributed by atoms with van der Waals surface area (Å²) in [5, 5.41) is 4.32. The van der Waals surface area contributed by atoms with E-state index in [9.17, 15) is 4.79 Å². The Kier molecular flexibility index (Phi) is 5.19. The molecular formula is C22H28N2O3. The summed E-state index contributed by atoms with van der Waals surface area (Å²) in [4.78, 5) is 14.7. The quantitative estimate of drug-likeness (QED) is 0.811. The summed E-state index contributed by atoms with van der Waals surface area (Å²) in [7, 11) is 0. The summed E-state index contributed by atoms with van der Waals surface area (Å²) in [5.41, 5.74) is 3.24. The van der Waals surface area contributed by atoms with Crippen LogP contribution in [0.15, 0.2) is 28.8 Å². The number of amides is 1. The molecule has 1 aliphatic heterocycles. The van der Waals surface area contributed by atoms with Gasteiger partial charge in [0.05, 0.1) is 12.3 Å². The van der Waals surface area contributed by atoms with Crippen molar-refractivity contribution >= 4 is 5.91 Å². The smallest absolute Gasteiger partial charge is 0.253 e. The van der Waals surface area contributed by atoms with Gasteiger partial charge >= 0.3 is 0 Å². The molecule has 0 radical (unpaired) electrons. The van der Waals surface area contributed by atoms with E-state index in [0.717, 1.165) is 61.5 Å². The normalized spacial score (nSPS) is 20.4. The highest BCUT2D eigenvalue weighted by Crippen LogP contribution is 2.36. The third-order valence-corrected chi connectivity index (χ3v) is 5.89. The lowest BCUT2D eigenvalue weighted by atomic mass is 9.83. The second-order valence-electron chi connectivity index (χ2n) is 7.84. The highest BCUT2D eigenvalue weighted by Gasteiger charge is 2.31. The average molecular weight is 368 g/mol. The maximum atomic E-state index is 12.8. The lowest BCUT2D eigenvalue weighted by molar-refractivity contribution is 0.0705. The van der Waals surface area contributed by atoms with Crippen molar-refractivity contribution in [3.8, 4) is 5.75 Å². The zero-order chi connectivity index (χ0) is 18.8. The number of rotatable bonds is 4. The molecule has 2 aromatic rings. The largest absolute Gasteiger partial charge is 0.494 e. The SMILES string of the molecule is CCOc1ccc(C(=O)N2CCC(c3onc4c3CC(C)CC4)CC2)cc1. The monoisotopic (exact) mass is 368 g/mol. The predicted octanol–water partition coefficient (Wildman–Crippen LogP) is 4.22. The van der Waals surface area contributed by atoms with E-state index in [1.807, 2.05) is 36.1 Å². The van der Waals surface area contributed by atoms with Gasteiger partial charge in [-0.05, 0) is 69.2 Å². The number of aromatic nitrogens is 1. The molecule has 2 aliphatic rings. The molecule has 5 nitrogen and oxygen atoms in total. The van der Waals surface area contributed by atoms with Gasteiger partial charge in [-0.25, -0.2) is 0 Å². The molecule has 1 atom stereocenters. The lowest BCUT2D eigenvalue weighted by Crippen LogP contribution is -2.38. The van der Waals surface area contributed by atoms with Crippen molar-refractivity contribution in [2.24, 2.45) is 5.92 Å². The number of fused-ring (bicyclic) bond motifs is 1. The van der Waals surface area contributed by atoms with Gasteiger partial charge in [0.25, 0.3) is 5.91 Å². The van der Waals surface area contributed by atoms with Crippen LogP contribution in [0.3, 0.4) is 0 Å². The fourth-order valence-corrected chi connectivity index (χ4v) is 4.31. The average Bonchev–Trinajstić information content (AvgIpc) is 3.11. The van der Waals surface area contributed by atoms with Crippen LogP contribution in [0.2, 0.25) is 0 Å². The van der Waals surface area contributed by atoms with Crippen LogP contribution < -0.4 is 4.74 Å². The zero-order valence-electron chi connectivity index (χ0n) is 16.2. The first-order valence-corrected chi connectivity index (χ1v) is 10.1. The fourth-order valence-electron chi connectivity index (χ4n) is 4.31. The van der Waals surface area contributed by atoms with Crippen LogP contribution in [0.5, 0.6) is 5.75 Å². The van der Waals surface area contributed by atoms with Crippen molar-refractivity contribution in [1.82, 2.24) is 10.1 Å². The van der Waals surface area contributed by atoms with Gasteiger partial charge in [0, 0.05) is 30.1 Å². The number of ether oxygens (including phenoxy) is 1. The summed E-state index contributed by atoms with van der Waals surface area (Å²) in [6.45, 7) is 6.42. The molecule has 1 aliphatic carbocycles. The minimum absolute atomic E-state index is 0.102. The first-order valence-electron chi connectivity index (χ1n) is 10.1. The maximum absolute atomic E-state index is 12.8. The van der Waals surface area contributed by atoms with Gasteiger partial charge in [0.2, 0.25) is 0 Å². The van der Waals surface area contributed by atoms with Gasteiger partial charge in [-0.15, -0.1) is 0 Å². The van der Waals surface area contributed by atoms with Gasteiger partial charge in [-0.2, -0.15) is 0 Å². The Morgan fingerprint density at radius 1 is 1.22 bits per heavy atom. The van der Waals surface area contributed by atoms with Gasteiger partial charge in [0.15, 0.2) is 0 Å². The summed E-state index contributed by atoms with van der Waals surface area (Å²) < 4.78 is 11.2. The summed E-state index contributed by atoms with van der Waals surface area (Å²) in [5.74, 6) is 3.08. The molecule has 4 rings (SSSR count). The number of aryl methyl sites for hydroxylation is 1. The van der Waals surface area contributed by atoms with E-state index in [1.54, 1.807) is 0 Å². The van der Waals surface area contributed by atoms with Crippen LogP contribution in [-0.4, -0.2) is 35.7 Å². The number of carbonyl (C=O) groups excluding carboxylic acids is 1. The Morgan fingerprint density at radius 2 is 1.96 bits per heavy atom. The molecule has 2 heterocycles. The van der Waals surface area contributed by atoms with E-state index in [2.05, 4.69) is 12.1 Å². The molecule has 0 N–H and O–H groups in total. The van der Waals surface area contributed by atoms with E-state index in [4.69, 9.17) is 9.26 Å². The Bertz CT molecular complexity index is 788. The summed E-state index contributed by atoms with van der Waals surface area (Å²) in [6.07, 6.45) is 5.21. The van der Waals surface area contributed by atoms with Crippen LogP contribution in [-0.2, 0) is 12.8 Å². The van der Waals surface area contributed by atoms with Gasteiger partial charge in [-0.1, -0.05) is 12.1 Å². The van der Waals surface area contributed by atoms with Crippen molar-refractivity contribution in [3.05, 3.63) is 46.8 Å². The second-order valence-corrected chi connectivity index (χ2v) is 7.84. The molecule has 0 saturated carbocycles. The van der Waals surface area contributed by atoms with E-state index < -0.39 is 0 Å². The van der Waals surface area contributed by atoms with Gasteiger partial charge < -0.3 is 14.2 Å². The number of nitrogens with zero attached hydrogens (tertiary/aromatic N) is 2. The van der Waals surface area contributed by atoms with Crippen molar-refractivity contribution in [3.63, 3.8) is 0 Å². The van der Waals surface area contributed by atoms with Crippen molar-refractivity contribution < 1.29 is 14.1 Å². The molecule has 1 aromatic carbocycles. The van der Waals surface area contributed by atoms with Crippen molar-refractivity contribution in [2.75, 3.05) is 19.7 Å². The Balaban J connectivity index is 1.39. The first-order chi connectivity index (χ1) is 13.2. The second kappa shape index (κ2) is 7.75. The number of carbonyl (C=O) groups is 1. The molecule has 1 amide bonds. The Labute approximate surface area is 160 Å². The van der Waals surface area contributed by atoms with E-state index in [0.29, 0.717) is 18.4 Å². The van der Waals surface area contributed by atoms with Crippen LogP contribution in [0.1, 0.15) is 66.4 Å². The fraction of sp³-hybridized carbons (Fsp3) is 0.545. The lowest BCUT2D eigenvalue weighted by Gasteiger charge is -2.31. The third-order valence-electron chi connectivity index (χ3n) is 5.89. The molecule has 1 saturated heterocycles. The van der Waals surface area contributed by atoms with Gasteiger partial charge in [-0.3, -0.25) is 4.79 Å². The molecular weight excluding hydrogens is 340 g/mol.